The number of aliphatic hydroxyl groups is 1. The summed E-state index contributed by atoms with van der Waals surface area (Å²) < 4.78 is 0. The number of rotatable bonds is 3. The van der Waals surface area contributed by atoms with Crippen molar-refractivity contribution in [3.05, 3.63) is 47.3 Å². The molecule has 0 atom stereocenters. The molecule has 0 bridgehead atoms. The van der Waals surface area contributed by atoms with E-state index in [1.165, 1.54) is 5.56 Å². The van der Waals surface area contributed by atoms with Gasteiger partial charge in [0.2, 0.25) is 0 Å². The Labute approximate surface area is 146 Å². The molecular weight excluding hydrogens is 312 g/mol. The molecule has 0 amide bonds. The van der Waals surface area contributed by atoms with E-state index in [1.807, 2.05) is 37.4 Å². The van der Waals surface area contributed by atoms with E-state index in [0.717, 1.165) is 50.9 Å². The number of aryl methyl sites for hydroxylation is 2. The smallest absolute Gasteiger partial charge is 0.161 e. The molecule has 3 heterocycles. The van der Waals surface area contributed by atoms with Crippen molar-refractivity contribution in [1.82, 2.24) is 20.2 Å². The van der Waals surface area contributed by atoms with Crippen molar-refractivity contribution in [2.45, 2.75) is 39.7 Å². The van der Waals surface area contributed by atoms with Gasteiger partial charge in [-0.05, 0) is 38.3 Å². The molecular formula is C20H22N4O. The number of pyridine rings is 1. The summed E-state index contributed by atoms with van der Waals surface area (Å²) in [5, 5.41) is 19.0. The van der Waals surface area contributed by atoms with Crippen LogP contribution in [0.1, 0.15) is 37.6 Å². The van der Waals surface area contributed by atoms with E-state index < -0.39 is 5.60 Å². The van der Waals surface area contributed by atoms with Crippen LogP contribution in [-0.2, 0) is 12.0 Å². The third-order valence-electron chi connectivity index (χ3n) is 4.85. The maximum Gasteiger partial charge on any atom is 0.161 e. The van der Waals surface area contributed by atoms with Gasteiger partial charge in [0.05, 0.1) is 22.5 Å². The van der Waals surface area contributed by atoms with Gasteiger partial charge in [-0.15, -0.1) is 0 Å². The summed E-state index contributed by atoms with van der Waals surface area (Å²) in [6.07, 6.45) is 2.83. The number of nitrogens with one attached hydrogen (secondary N) is 2. The second-order valence-corrected chi connectivity index (χ2v) is 7.04. The van der Waals surface area contributed by atoms with Crippen LogP contribution in [0.3, 0.4) is 0 Å². The van der Waals surface area contributed by atoms with Crippen molar-refractivity contribution in [3.63, 3.8) is 0 Å². The van der Waals surface area contributed by atoms with E-state index >= 15 is 0 Å². The summed E-state index contributed by atoms with van der Waals surface area (Å²) in [7, 11) is 0. The summed E-state index contributed by atoms with van der Waals surface area (Å²) in [6.45, 7) is 7.72. The van der Waals surface area contributed by atoms with Crippen molar-refractivity contribution >= 4 is 21.9 Å². The Morgan fingerprint density at radius 2 is 1.80 bits per heavy atom. The summed E-state index contributed by atoms with van der Waals surface area (Å²) in [4.78, 5) is 9.14. The zero-order valence-corrected chi connectivity index (χ0v) is 14.9. The predicted octanol–water partition coefficient (Wildman–Crippen LogP) is 4.20. The van der Waals surface area contributed by atoms with E-state index in [-0.39, 0.29) is 0 Å². The number of benzene rings is 1. The molecule has 128 valence electrons. The summed E-state index contributed by atoms with van der Waals surface area (Å²) in [5.41, 5.74) is 6.10. The molecule has 0 saturated heterocycles. The highest BCUT2D eigenvalue weighted by Gasteiger charge is 2.19. The molecule has 0 aliphatic heterocycles. The van der Waals surface area contributed by atoms with Crippen molar-refractivity contribution in [1.29, 1.82) is 0 Å². The van der Waals surface area contributed by atoms with E-state index in [9.17, 15) is 5.11 Å². The van der Waals surface area contributed by atoms with Crippen molar-refractivity contribution < 1.29 is 5.11 Å². The van der Waals surface area contributed by atoms with Crippen molar-refractivity contribution in [3.8, 4) is 11.3 Å². The first kappa shape index (κ1) is 15.8. The minimum absolute atomic E-state index is 0.793. The zero-order chi connectivity index (χ0) is 17.8. The van der Waals surface area contributed by atoms with Gasteiger partial charge in [0.1, 0.15) is 0 Å². The maximum absolute atomic E-state index is 10.1. The minimum Gasteiger partial charge on any atom is -0.386 e. The molecule has 25 heavy (non-hydrogen) atoms. The Kier molecular flexibility index (Phi) is 3.44. The second-order valence-electron chi connectivity index (χ2n) is 7.04. The molecule has 3 N–H and O–H groups in total. The lowest BCUT2D eigenvalue weighted by Crippen LogP contribution is -2.14. The number of H-pyrrole nitrogens is 2. The Hall–Kier alpha value is -2.66. The van der Waals surface area contributed by atoms with Crippen LogP contribution in [0.15, 0.2) is 30.5 Å². The van der Waals surface area contributed by atoms with Crippen LogP contribution >= 0.6 is 0 Å². The molecule has 1 aromatic carbocycles. The van der Waals surface area contributed by atoms with E-state index in [0.29, 0.717) is 0 Å². The first-order valence-corrected chi connectivity index (χ1v) is 8.57. The molecule has 0 unspecified atom stereocenters. The fourth-order valence-electron chi connectivity index (χ4n) is 3.44. The first-order chi connectivity index (χ1) is 11.9. The van der Waals surface area contributed by atoms with E-state index in [4.69, 9.17) is 4.98 Å². The number of hydrogen-bond acceptors (Lipinski definition) is 3. The highest BCUT2D eigenvalue weighted by atomic mass is 16.3. The molecule has 0 aliphatic carbocycles. The van der Waals surface area contributed by atoms with Crippen LogP contribution < -0.4 is 0 Å². The zero-order valence-electron chi connectivity index (χ0n) is 14.9. The van der Waals surface area contributed by atoms with Crippen LogP contribution in [0.25, 0.3) is 33.2 Å². The monoisotopic (exact) mass is 334 g/mol. The Morgan fingerprint density at radius 1 is 1.08 bits per heavy atom. The lowest BCUT2D eigenvalue weighted by Gasteiger charge is -2.17. The number of aromatic amines is 2. The van der Waals surface area contributed by atoms with Gasteiger partial charge in [-0.25, -0.2) is 9.97 Å². The topological polar surface area (TPSA) is 77.6 Å². The van der Waals surface area contributed by atoms with Crippen LogP contribution in [-0.4, -0.2) is 25.3 Å². The summed E-state index contributed by atoms with van der Waals surface area (Å²) >= 11 is 0. The Morgan fingerprint density at radius 3 is 2.44 bits per heavy atom. The van der Waals surface area contributed by atoms with Crippen molar-refractivity contribution in [2.24, 2.45) is 0 Å². The molecule has 4 aromatic rings. The molecule has 0 spiro atoms. The average Bonchev–Trinajstić information content (AvgIpc) is 3.18. The molecule has 4 rings (SSSR count). The average molecular weight is 334 g/mol. The first-order valence-electron chi connectivity index (χ1n) is 8.57. The molecule has 0 aliphatic rings. The van der Waals surface area contributed by atoms with Crippen molar-refractivity contribution in [2.75, 3.05) is 0 Å². The van der Waals surface area contributed by atoms with Gasteiger partial charge in [0, 0.05) is 22.5 Å². The standard InChI is InChI=1S/C20H22N4O/c1-5-12-10-21-19-16(12)18-15(11(2)22-19)17(23-24-18)13-6-8-14(9-7-13)20(3,4)25/h6-10,23-25H,5H2,1-4H3. The molecule has 5 heteroatoms. The lowest BCUT2D eigenvalue weighted by atomic mass is 9.96. The SMILES string of the molecule is CCc1cnc2nc(C)c3c(-c4ccc(C(C)(C)O)cc4)[nH][nH]c3c12. The third kappa shape index (κ3) is 2.43. The number of aromatic nitrogens is 4. The molecule has 3 aromatic heterocycles. The minimum atomic E-state index is -0.844. The van der Waals surface area contributed by atoms with Gasteiger partial charge in [0.25, 0.3) is 0 Å². The fourth-order valence-corrected chi connectivity index (χ4v) is 3.44. The van der Waals surface area contributed by atoms with Gasteiger partial charge in [0.15, 0.2) is 5.65 Å². The van der Waals surface area contributed by atoms with Crippen LogP contribution in [0.4, 0.5) is 0 Å². The van der Waals surface area contributed by atoms with Crippen LogP contribution in [0.2, 0.25) is 0 Å². The van der Waals surface area contributed by atoms with E-state index in [1.54, 1.807) is 13.8 Å². The highest BCUT2D eigenvalue weighted by Crippen LogP contribution is 2.34. The third-order valence-corrected chi connectivity index (χ3v) is 4.85. The second kappa shape index (κ2) is 5.43. The predicted molar refractivity (Wildman–Crippen MR) is 101 cm³/mol. The normalized spacial score (nSPS) is 12.4. The summed E-state index contributed by atoms with van der Waals surface area (Å²) in [5.74, 6) is 0. The Bertz CT molecular complexity index is 1070. The fraction of sp³-hybridized carbons (Fsp3) is 0.300. The summed E-state index contributed by atoms with van der Waals surface area (Å²) in [6, 6.07) is 7.98. The number of fused-ring (bicyclic) bond motifs is 3. The van der Waals surface area contributed by atoms with Gasteiger partial charge in [-0.2, -0.15) is 0 Å². The van der Waals surface area contributed by atoms with Gasteiger partial charge < -0.3 is 5.11 Å². The van der Waals surface area contributed by atoms with Crippen LogP contribution in [0.5, 0.6) is 0 Å². The number of nitrogens with zero attached hydrogens (tertiary/aromatic N) is 2. The molecule has 0 fully saturated rings. The number of hydrogen-bond donors (Lipinski definition) is 3. The maximum atomic E-state index is 10.1. The highest BCUT2D eigenvalue weighted by molar-refractivity contribution is 6.09. The molecule has 0 saturated carbocycles. The van der Waals surface area contributed by atoms with Crippen LogP contribution in [0, 0.1) is 6.92 Å². The molecule has 5 nitrogen and oxygen atoms in total. The molecule has 0 radical (unpaired) electrons. The Balaban J connectivity index is 1.94. The lowest BCUT2D eigenvalue weighted by molar-refractivity contribution is 0.0786. The quantitative estimate of drug-likeness (QED) is 0.525. The van der Waals surface area contributed by atoms with Gasteiger partial charge in [-0.3, -0.25) is 10.2 Å². The largest absolute Gasteiger partial charge is 0.386 e. The van der Waals surface area contributed by atoms with Gasteiger partial charge >= 0.3 is 0 Å². The van der Waals surface area contributed by atoms with Gasteiger partial charge in [-0.1, -0.05) is 31.2 Å². The van der Waals surface area contributed by atoms with E-state index in [2.05, 4.69) is 22.1 Å².